The number of anilines is 1. The summed E-state index contributed by atoms with van der Waals surface area (Å²) in [5.41, 5.74) is 0.335. The largest absolute Gasteiger partial charge is 0.376 e. The summed E-state index contributed by atoms with van der Waals surface area (Å²) in [7, 11) is 0. The average molecular weight is 266 g/mol. The van der Waals surface area contributed by atoms with Gasteiger partial charge in [-0.3, -0.25) is 4.79 Å². The number of rotatable bonds is 5. The van der Waals surface area contributed by atoms with Crippen LogP contribution in [0.2, 0.25) is 0 Å². The van der Waals surface area contributed by atoms with Crippen LogP contribution in [-0.4, -0.2) is 31.2 Å². The van der Waals surface area contributed by atoms with Crippen molar-refractivity contribution in [2.75, 3.05) is 18.5 Å². The van der Waals surface area contributed by atoms with Gasteiger partial charge in [0.1, 0.15) is 11.9 Å². The Morgan fingerprint density at radius 3 is 3.00 bits per heavy atom. The van der Waals surface area contributed by atoms with Crippen LogP contribution in [0.5, 0.6) is 0 Å². The molecule has 104 valence electrons. The van der Waals surface area contributed by atoms with E-state index in [9.17, 15) is 9.18 Å². The maximum absolute atomic E-state index is 13.4. The summed E-state index contributed by atoms with van der Waals surface area (Å²) in [5.74, 6) is -0.514. The molecule has 1 aliphatic rings. The Morgan fingerprint density at radius 1 is 1.53 bits per heavy atom. The molecule has 19 heavy (non-hydrogen) atoms. The number of halogens is 1. The van der Waals surface area contributed by atoms with Crippen LogP contribution in [0.3, 0.4) is 0 Å². The van der Waals surface area contributed by atoms with Gasteiger partial charge >= 0.3 is 0 Å². The molecule has 5 heteroatoms. The Morgan fingerprint density at radius 2 is 2.32 bits per heavy atom. The minimum atomic E-state index is -0.488. The number of hydrogen-bond donors (Lipinski definition) is 2. The molecule has 1 amide bonds. The summed E-state index contributed by atoms with van der Waals surface area (Å²) in [5, 5.41) is 5.67. The number of amides is 1. The van der Waals surface area contributed by atoms with Crippen molar-refractivity contribution >= 4 is 11.6 Å². The van der Waals surface area contributed by atoms with Gasteiger partial charge in [-0.15, -0.1) is 0 Å². The molecule has 1 aromatic rings. The Balaban J connectivity index is 1.80. The zero-order valence-corrected chi connectivity index (χ0v) is 11.0. The Labute approximate surface area is 112 Å². The van der Waals surface area contributed by atoms with Crippen molar-refractivity contribution in [2.24, 2.45) is 0 Å². The summed E-state index contributed by atoms with van der Waals surface area (Å²) in [6.45, 7) is 2.99. The highest BCUT2D eigenvalue weighted by molar-refractivity contribution is 5.84. The highest BCUT2D eigenvalue weighted by atomic mass is 19.1. The Kier molecular flexibility index (Phi) is 4.74. The first-order chi connectivity index (χ1) is 9.16. The fourth-order valence-electron chi connectivity index (χ4n) is 2.05. The second-order valence-electron chi connectivity index (χ2n) is 4.73. The molecule has 1 aromatic carbocycles. The molecule has 1 heterocycles. The van der Waals surface area contributed by atoms with Gasteiger partial charge < -0.3 is 15.4 Å². The van der Waals surface area contributed by atoms with Gasteiger partial charge in [0, 0.05) is 13.2 Å². The zero-order valence-electron chi connectivity index (χ0n) is 11.0. The molecule has 4 nitrogen and oxygen atoms in total. The summed E-state index contributed by atoms with van der Waals surface area (Å²) in [6.07, 6.45) is 2.14. The van der Waals surface area contributed by atoms with E-state index in [2.05, 4.69) is 10.6 Å². The average Bonchev–Trinajstić information content (AvgIpc) is 2.91. The van der Waals surface area contributed by atoms with E-state index in [1.54, 1.807) is 25.1 Å². The highest BCUT2D eigenvalue weighted by Crippen LogP contribution is 2.14. The topological polar surface area (TPSA) is 50.4 Å². The fraction of sp³-hybridized carbons (Fsp3) is 0.500. The molecular formula is C14H19FN2O2. The van der Waals surface area contributed by atoms with Gasteiger partial charge in [0.15, 0.2) is 0 Å². The number of benzene rings is 1. The van der Waals surface area contributed by atoms with Gasteiger partial charge in [0.2, 0.25) is 5.91 Å². The number of nitrogens with one attached hydrogen (secondary N) is 2. The van der Waals surface area contributed by atoms with Crippen molar-refractivity contribution < 1.29 is 13.9 Å². The second kappa shape index (κ2) is 6.52. The van der Waals surface area contributed by atoms with E-state index in [-0.39, 0.29) is 17.8 Å². The second-order valence-corrected chi connectivity index (χ2v) is 4.73. The van der Waals surface area contributed by atoms with Gasteiger partial charge in [0.05, 0.1) is 11.8 Å². The lowest BCUT2D eigenvalue weighted by Gasteiger charge is -2.17. The lowest BCUT2D eigenvalue weighted by atomic mass is 10.2. The molecule has 1 fully saturated rings. The van der Waals surface area contributed by atoms with E-state index in [0.29, 0.717) is 12.2 Å². The quantitative estimate of drug-likeness (QED) is 0.856. The number of hydrogen-bond acceptors (Lipinski definition) is 3. The van der Waals surface area contributed by atoms with Crippen molar-refractivity contribution in [3.63, 3.8) is 0 Å². The molecule has 1 aliphatic heterocycles. The van der Waals surface area contributed by atoms with Crippen LogP contribution < -0.4 is 10.6 Å². The fourth-order valence-corrected chi connectivity index (χ4v) is 2.05. The predicted molar refractivity (Wildman–Crippen MR) is 71.5 cm³/mol. The first kappa shape index (κ1) is 13.8. The summed E-state index contributed by atoms with van der Waals surface area (Å²) < 4.78 is 18.9. The van der Waals surface area contributed by atoms with Crippen LogP contribution in [0.25, 0.3) is 0 Å². The first-order valence-electron chi connectivity index (χ1n) is 6.57. The first-order valence-corrected chi connectivity index (χ1v) is 6.57. The van der Waals surface area contributed by atoms with Gasteiger partial charge in [-0.25, -0.2) is 4.39 Å². The minimum absolute atomic E-state index is 0.115. The van der Waals surface area contributed by atoms with Crippen LogP contribution in [0.15, 0.2) is 24.3 Å². The molecule has 0 aromatic heterocycles. The van der Waals surface area contributed by atoms with Gasteiger partial charge in [-0.1, -0.05) is 12.1 Å². The maximum Gasteiger partial charge on any atom is 0.242 e. The molecule has 0 aliphatic carbocycles. The van der Waals surface area contributed by atoms with Crippen molar-refractivity contribution in [2.45, 2.75) is 31.9 Å². The Hall–Kier alpha value is -1.62. The molecule has 2 atom stereocenters. The maximum atomic E-state index is 13.4. The number of carbonyl (C=O) groups excluding carboxylic acids is 1. The number of carbonyl (C=O) groups is 1. The molecule has 0 radical (unpaired) electrons. The van der Waals surface area contributed by atoms with Gasteiger partial charge in [-0.2, -0.15) is 0 Å². The smallest absolute Gasteiger partial charge is 0.242 e. The summed E-state index contributed by atoms with van der Waals surface area (Å²) in [6, 6.07) is 5.82. The van der Waals surface area contributed by atoms with Crippen molar-refractivity contribution in [1.29, 1.82) is 0 Å². The van der Waals surface area contributed by atoms with E-state index in [1.165, 1.54) is 6.07 Å². The third kappa shape index (κ3) is 3.92. The molecule has 1 saturated heterocycles. The normalized spacial score (nSPS) is 20.0. The van der Waals surface area contributed by atoms with Gasteiger partial charge in [-0.05, 0) is 31.9 Å². The predicted octanol–water partition coefficient (Wildman–Crippen LogP) is 1.92. The molecule has 2 N–H and O–H groups in total. The highest BCUT2D eigenvalue weighted by Gasteiger charge is 2.19. The number of para-hydroxylation sites is 1. The van der Waals surface area contributed by atoms with Crippen molar-refractivity contribution in [3.05, 3.63) is 30.1 Å². The molecule has 0 bridgehead atoms. The molecule has 2 unspecified atom stereocenters. The van der Waals surface area contributed by atoms with Crippen LogP contribution in [-0.2, 0) is 9.53 Å². The van der Waals surface area contributed by atoms with Crippen molar-refractivity contribution in [1.82, 2.24) is 5.32 Å². The SMILES string of the molecule is CC(Nc1ccccc1F)C(=O)NCC1CCCO1. The van der Waals surface area contributed by atoms with Crippen molar-refractivity contribution in [3.8, 4) is 0 Å². The van der Waals surface area contributed by atoms with E-state index in [0.717, 1.165) is 19.4 Å². The van der Waals surface area contributed by atoms with E-state index < -0.39 is 6.04 Å². The third-order valence-electron chi connectivity index (χ3n) is 3.17. The molecule has 0 spiro atoms. The van der Waals surface area contributed by atoms with Crippen LogP contribution >= 0.6 is 0 Å². The lowest BCUT2D eigenvalue weighted by molar-refractivity contribution is -0.122. The third-order valence-corrected chi connectivity index (χ3v) is 3.17. The van der Waals surface area contributed by atoms with E-state index in [1.807, 2.05) is 0 Å². The molecular weight excluding hydrogens is 247 g/mol. The summed E-state index contributed by atoms with van der Waals surface area (Å²) >= 11 is 0. The van der Waals surface area contributed by atoms with E-state index in [4.69, 9.17) is 4.74 Å². The monoisotopic (exact) mass is 266 g/mol. The van der Waals surface area contributed by atoms with Crippen LogP contribution in [0, 0.1) is 5.82 Å². The Bertz CT molecular complexity index is 433. The standard InChI is InChI=1S/C14H19FN2O2/c1-10(17-13-7-3-2-6-12(13)15)14(18)16-9-11-5-4-8-19-11/h2-3,6-7,10-11,17H,4-5,8-9H2,1H3,(H,16,18). The van der Waals surface area contributed by atoms with Crippen LogP contribution in [0.4, 0.5) is 10.1 Å². The summed E-state index contributed by atoms with van der Waals surface area (Å²) in [4.78, 5) is 11.9. The zero-order chi connectivity index (χ0) is 13.7. The van der Waals surface area contributed by atoms with E-state index >= 15 is 0 Å². The van der Waals surface area contributed by atoms with Gasteiger partial charge in [0.25, 0.3) is 0 Å². The molecule has 0 saturated carbocycles. The molecule has 2 rings (SSSR count). The lowest BCUT2D eigenvalue weighted by Crippen LogP contribution is -2.41. The van der Waals surface area contributed by atoms with Crippen LogP contribution in [0.1, 0.15) is 19.8 Å². The minimum Gasteiger partial charge on any atom is -0.376 e. The number of ether oxygens (including phenoxy) is 1.